The fraction of sp³-hybridized carbons (Fsp3) is 0.333. The second-order valence-corrected chi connectivity index (χ2v) is 6.04. The number of carbonyl (C=O) groups is 2. The maximum absolute atomic E-state index is 11.8. The van der Waals surface area contributed by atoms with E-state index in [-0.39, 0.29) is 13.0 Å². The SMILES string of the molecule is CC(C)c1ccc(NC(=O)COC(=O)CCn2ccc(=O)[nH]c2=O)cc1. The average Bonchev–Trinajstić information content (AvgIpc) is 2.59. The highest BCUT2D eigenvalue weighted by atomic mass is 16.5. The Morgan fingerprint density at radius 1 is 1.15 bits per heavy atom. The van der Waals surface area contributed by atoms with Crippen molar-refractivity contribution in [3.8, 4) is 0 Å². The second kappa shape index (κ2) is 8.80. The third-order valence-electron chi connectivity index (χ3n) is 3.68. The van der Waals surface area contributed by atoms with Gasteiger partial charge in [0, 0.05) is 24.5 Å². The van der Waals surface area contributed by atoms with Crippen LogP contribution >= 0.6 is 0 Å². The Morgan fingerprint density at radius 3 is 2.46 bits per heavy atom. The summed E-state index contributed by atoms with van der Waals surface area (Å²) < 4.78 is 6.06. The van der Waals surface area contributed by atoms with Gasteiger partial charge in [0.2, 0.25) is 0 Å². The molecule has 0 bridgehead atoms. The van der Waals surface area contributed by atoms with Crippen LogP contribution in [0.3, 0.4) is 0 Å². The molecular formula is C18H21N3O5. The molecule has 0 fully saturated rings. The van der Waals surface area contributed by atoms with Gasteiger partial charge in [-0.25, -0.2) is 4.79 Å². The maximum atomic E-state index is 11.8. The van der Waals surface area contributed by atoms with Crippen molar-refractivity contribution in [3.63, 3.8) is 0 Å². The van der Waals surface area contributed by atoms with Crippen LogP contribution in [0.25, 0.3) is 0 Å². The smallest absolute Gasteiger partial charge is 0.328 e. The molecule has 2 rings (SSSR count). The fourth-order valence-corrected chi connectivity index (χ4v) is 2.20. The number of carbonyl (C=O) groups excluding carboxylic acids is 2. The molecule has 0 atom stereocenters. The van der Waals surface area contributed by atoms with Crippen molar-refractivity contribution in [2.45, 2.75) is 32.7 Å². The summed E-state index contributed by atoms with van der Waals surface area (Å²) in [5.74, 6) is -0.666. The zero-order valence-corrected chi connectivity index (χ0v) is 14.7. The summed E-state index contributed by atoms with van der Waals surface area (Å²) in [4.78, 5) is 48.0. The highest BCUT2D eigenvalue weighted by Crippen LogP contribution is 2.16. The molecule has 26 heavy (non-hydrogen) atoms. The van der Waals surface area contributed by atoms with Gasteiger partial charge in [-0.3, -0.25) is 19.4 Å². The molecule has 0 unspecified atom stereocenters. The van der Waals surface area contributed by atoms with Crippen molar-refractivity contribution < 1.29 is 14.3 Å². The van der Waals surface area contributed by atoms with Crippen LogP contribution in [0.5, 0.6) is 0 Å². The van der Waals surface area contributed by atoms with Gasteiger partial charge >= 0.3 is 11.7 Å². The lowest BCUT2D eigenvalue weighted by Gasteiger charge is -2.09. The van der Waals surface area contributed by atoms with Crippen LogP contribution in [0.15, 0.2) is 46.1 Å². The molecule has 0 spiro atoms. The Labute approximate surface area is 149 Å². The number of aromatic nitrogens is 2. The van der Waals surface area contributed by atoms with Gasteiger partial charge in [-0.1, -0.05) is 26.0 Å². The number of aryl methyl sites for hydroxylation is 1. The first-order valence-electron chi connectivity index (χ1n) is 8.20. The number of nitrogens with one attached hydrogen (secondary N) is 2. The van der Waals surface area contributed by atoms with Crippen LogP contribution in [0, 0.1) is 0 Å². The lowest BCUT2D eigenvalue weighted by molar-refractivity contribution is -0.147. The predicted molar refractivity (Wildman–Crippen MR) is 96.1 cm³/mol. The van der Waals surface area contributed by atoms with E-state index in [9.17, 15) is 19.2 Å². The first-order chi connectivity index (χ1) is 12.3. The van der Waals surface area contributed by atoms with Crippen molar-refractivity contribution in [2.75, 3.05) is 11.9 Å². The minimum atomic E-state index is -0.617. The lowest BCUT2D eigenvalue weighted by Crippen LogP contribution is -2.29. The number of anilines is 1. The van der Waals surface area contributed by atoms with Gasteiger partial charge in [-0.15, -0.1) is 0 Å². The topological polar surface area (TPSA) is 110 Å². The monoisotopic (exact) mass is 359 g/mol. The Hall–Kier alpha value is -3.16. The van der Waals surface area contributed by atoms with Crippen molar-refractivity contribution in [1.29, 1.82) is 0 Å². The normalized spacial score (nSPS) is 10.6. The number of esters is 1. The van der Waals surface area contributed by atoms with Crippen LogP contribution in [-0.4, -0.2) is 28.0 Å². The molecule has 0 aliphatic rings. The zero-order chi connectivity index (χ0) is 19.1. The third-order valence-corrected chi connectivity index (χ3v) is 3.68. The molecule has 0 aliphatic heterocycles. The van der Waals surface area contributed by atoms with Crippen LogP contribution in [-0.2, 0) is 20.9 Å². The summed E-state index contributed by atoms with van der Waals surface area (Å²) >= 11 is 0. The number of nitrogens with zero attached hydrogens (tertiary/aromatic N) is 1. The van der Waals surface area contributed by atoms with E-state index in [2.05, 4.69) is 24.1 Å². The molecule has 1 aromatic carbocycles. The molecule has 2 aromatic rings. The number of H-pyrrole nitrogens is 1. The number of hydrogen-bond donors (Lipinski definition) is 2. The molecule has 0 saturated heterocycles. The predicted octanol–water partition coefficient (Wildman–Crippen LogP) is 1.23. The molecule has 0 radical (unpaired) electrons. The number of hydrogen-bond acceptors (Lipinski definition) is 5. The van der Waals surface area contributed by atoms with E-state index in [1.54, 1.807) is 12.1 Å². The largest absolute Gasteiger partial charge is 0.456 e. The van der Waals surface area contributed by atoms with E-state index in [4.69, 9.17) is 4.74 Å². The summed E-state index contributed by atoms with van der Waals surface area (Å²) in [6.45, 7) is 3.79. The van der Waals surface area contributed by atoms with E-state index in [0.717, 1.165) is 5.56 Å². The summed E-state index contributed by atoms with van der Waals surface area (Å²) in [7, 11) is 0. The van der Waals surface area contributed by atoms with Crippen molar-refractivity contribution in [2.24, 2.45) is 0 Å². The zero-order valence-electron chi connectivity index (χ0n) is 14.7. The number of rotatable bonds is 7. The minimum Gasteiger partial charge on any atom is -0.456 e. The lowest BCUT2D eigenvalue weighted by atomic mass is 10.0. The van der Waals surface area contributed by atoms with Crippen molar-refractivity contribution >= 4 is 17.6 Å². The number of amides is 1. The molecule has 8 heteroatoms. The fourth-order valence-electron chi connectivity index (χ4n) is 2.20. The molecule has 1 heterocycles. The highest BCUT2D eigenvalue weighted by molar-refractivity contribution is 5.92. The van der Waals surface area contributed by atoms with Crippen molar-refractivity contribution in [1.82, 2.24) is 9.55 Å². The summed E-state index contributed by atoms with van der Waals surface area (Å²) in [5, 5.41) is 2.64. The molecule has 138 valence electrons. The van der Waals surface area contributed by atoms with Crippen molar-refractivity contribution in [3.05, 3.63) is 62.9 Å². The van der Waals surface area contributed by atoms with Crippen LogP contribution < -0.4 is 16.6 Å². The molecule has 1 aromatic heterocycles. The first kappa shape index (κ1) is 19.2. The third kappa shape index (κ3) is 5.73. The molecule has 1 amide bonds. The molecule has 0 aliphatic carbocycles. The standard InChI is InChI=1S/C18H21N3O5/c1-12(2)13-3-5-14(6-4-13)19-16(23)11-26-17(24)8-10-21-9-7-15(22)20-18(21)25/h3-7,9,12H,8,10-11H2,1-2H3,(H,19,23)(H,20,22,25). The Kier molecular flexibility index (Phi) is 6.48. The Bertz CT molecular complexity index is 881. The summed E-state index contributed by atoms with van der Waals surface area (Å²) in [5.41, 5.74) is 0.668. The number of benzene rings is 1. The van der Waals surface area contributed by atoms with Gasteiger partial charge in [0.15, 0.2) is 6.61 Å². The highest BCUT2D eigenvalue weighted by Gasteiger charge is 2.09. The van der Waals surface area contributed by atoms with E-state index < -0.39 is 29.7 Å². The van der Waals surface area contributed by atoms with E-state index >= 15 is 0 Å². The van der Waals surface area contributed by atoms with E-state index in [0.29, 0.717) is 11.6 Å². The van der Waals surface area contributed by atoms with Gasteiger partial charge in [-0.05, 0) is 23.6 Å². The molecule has 0 saturated carbocycles. The maximum Gasteiger partial charge on any atom is 0.328 e. The number of aromatic amines is 1. The van der Waals surface area contributed by atoms with E-state index in [1.807, 2.05) is 12.1 Å². The quantitative estimate of drug-likeness (QED) is 0.723. The molecule has 2 N–H and O–H groups in total. The first-order valence-corrected chi connectivity index (χ1v) is 8.20. The van der Waals surface area contributed by atoms with Gasteiger partial charge in [-0.2, -0.15) is 0 Å². The second-order valence-electron chi connectivity index (χ2n) is 6.04. The summed E-state index contributed by atoms with van der Waals surface area (Å²) in [6.07, 6.45) is 1.20. The van der Waals surface area contributed by atoms with Gasteiger partial charge in [0.1, 0.15) is 0 Å². The summed E-state index contributed by atoms with van der Waals surface area (Å²) in [6, 6.07) is 8.61. The number of ether oxygens (including phenoxy) is 1. The minimum absolute atomic E-state index is 0.0483. The molecule has 8 nitrogen and oxygen atoms in total. The van der Waals surface area contributed by atoms with Crippen LogP contribution in [0.4, 0.5) is 5.69 Å². The Balaban J connectivity index is 1.76. The molecular weight excluding hydrogens is 338 g/mol. The van der Waals surface area contributed by atoms with Crippen LogP contribution in [0.1, 0.15) is 31.7 Å². The van der Waals surface area contributed by atoms with E-state index in [1.165, 1.54) is 16.8 Å². The Morgan fingerprint density at radius 2 is 1.85 bits per heavy atom. The van der Waals surface area contributed by atoms with Crippen LogP contribution in [0.2, 0.25) is 0 Å². The van der Waals surface area contributed by atoms with Gasteiger partial charge in [0.05, 0.1) is 6.42 Å². The van der Waals surface area contributed by atoms with Gasteiger partial charge < -0.3 is 14.6 Å². The van der Waals surface area contributed by atoms with Gasteiger partial charge in [0.25, 0.3) is 11.5 Å². The average molecular weight is 359 g/mol.